The topological polar surface area (TPSA) is 104 Å². The van der Waals surface area contributed by atoms with E-state index in [0.29, 0.717) is 39.9 Å². The molecular formula is C27H24FN5O2. The molecule has 0 atom stereocenters. The molecule has 0 spiro atoms. The van der Waals surface area contributed by atoms with Crippen LogP contribution in [-0.4, -0.2) is 34.2 Å². The maximum atomic E-state index is 13.9. The van der Waals surface area contributed by atoms with E-state index in [1.54, 1.807) is 74.8 Å². The van der Waals surface area contributed by atoms with Crippen LogP contribution in [0.2, 0.25) is 0 Å². The van der Waals surface area contributed by atoms with Crippen LogP contribution < -0.4 is 10.1 Å². The Morgan fingerprint density at radius 1 is 1.09 bits per heavy atom. The molecule has 4 rings (SSSR count). The number of hydrogen-bond donors (Lipinski definition) is 3. The number of carbonyl (C=O) groups is 1. The summed E-state index contributed by atoms with van der Waals surface area (Å²) < 4.78 is 19.1. The van der Waals surface area contributed by atoms with E-state index in [1.807, 2.05) is 6.92 Å². The van der Waals surface area contributed by atoms with Gasteiger partial charge in [0, 0.05) is 29.1 Å². The lowest BCUT2D eigenvalue weighted by Crippen LogP contribution is -2.14. The standard InChI is InChI=1S/C27H24FN5O2/c1-16-14-20(35-3)7-8-21(16)27(34)33-24-15-19(10-12-30-24)26-25(31-23(32-26)5-4-11-29)18-6-9-22(28)17(2)13-18/h4-15,29H,1-3H3,(H,31,32)(H,30,33,34)/b5-4-,29-11?. The van der Waals surface area contributed by atoms with Gasteiger partial charge in [-0.15, -0.1) is 0 Å². The van der Waals surface area contributed by atoms with Crippen LogP contribution in [0.5, 0.6) is 5.75 Å². The fourth-order valence-electron chi connectivity index (χ4n) is 3.68. The minimum atomic E-state index is -0.294. The number of aromatic nitrogens is 3. The van der Waals surface area contributed by atoms with E-state index in [4.69, 9.17) is 10.1 Å². The van der Waals surface area contributed by atoms with Crippen molar-refractivity contribution in [3.63, 3.8) is 0 Å². The molecule has 0 unspecified atom stereocenters. The van der Waals surface area contributed by atoms with Crippen LogP contribution in [0.3, 0.4) is 0 Å². The molecule has 0 saturated heterocycles. The maximum Gasteiger partial charge on any atom is 0.257 e. The number of ether oxygens (including phenoxy) is 1. The fourth-order valence-corrected chi connectivity index (χ4v) is 3.68. The number of methoxy groups -OCH3 is 1. The largest absolute Gasteiger partial charge is 0.497 e. The van der Waals surface area contributed by atoms with Crippen LogP contribution in [0.1, 0.15) is 27.3 Å². The quantitative estimate of drug-likeness (QED) is 0.297. The molecule has 8 heteroatoms. The van der Waals surface area contributed by atoms with Crippen molar-refractivity contribution in [2.24, 2.45) is 0 Å². The third-order valence-corrected chi connectivity index (χ3v) is 5.47. The van der Waals surface area contributed by atoms with Gasteiger partial charge in [0.25, 0.3) is 5.91 Å². The second kappa shape index (κ2) is 10.1. The van der Waals surface area contributed by atoms with Gasteiger partial charge in [0.05, 0.1) is 18.5 Å². The molecule has 7 nitrogen and oxygen atoms in total. The minimum absolute atomic E-state index is 0.289. The Morgan fingerprint density at radius 2 is 1.91 bits per heavy atom. The zero-order valence-corrected chi connectivity index (χ0v) is 19.5. The molecule has 1 amide bonds. The first-order valence-electron chi connectivity index (χ1n) is 10.9. The maximum absolute atomic E-state index is 13.9. The Bertz CT molecular complexity index is 1440. The number of nitrogens with one attached hydrogen (secondary N) is 3. The molecule has 2 heterocycles. The lowest BCUT2D eigenvalue weighted by atomic mass is 10.0. The van der Waals surface area contributed by atoms with Gasteiger partial charge in [0.2, 0.25) is 0 Å². The molecule has 0 aliphatic carbocycles. The molecule has 0 fully saturated rings. The monoisotopic (exact) mass is 469 g/mol. The number of anilines is 1. The second-order valence-corrected chi connectivity index (χ2v) is 7.90. The normalized spacial score (nSPS) is 11.0. The predicted octanol–water partition coefficient (Wildman–Crippen LogP) is 5.82. The molecule has 4 aromatic rings. The first-order chi connectivity index (χ1) is 16.9. The van der Waals surface area contributed by atoms with Crippen molar-refractivity contribution < 1.29 is 13.9 Å². The predicted molar refractivity (Wildman–Crippen MR) is 135 cm³/mol. The van der Waals surface area contributed by atoms with Gasteiger partial charge in [-0.3, -0.25) is 4.79 Å². The summed E-state index contributed by atoms with van der Waals surface area (Å²) in [5, 5.41) is 10.1. The van der Waals surface area contributed by atoms with Crippen molar-refractivity contribution in [1.29, 1.82) is 5.41 Å². The van der Waals surface area contributed by atoms with Crippen LogP contribution in [0.4, 0.5) is 10.2 Å². The van der Waals surface area contributed by atoms with Gasteiger partial charge in [-0.1, -0.05) is 0 Å². The first-order valence-corrected chi connectivity index (χ1v) is 10.9. The summed E-state index contributed by atoms with van der Waals surface area (Å²) in [6.45, 7) is 3.54. The highest BCUT2D eigenvalue weighted by molar-refractivity contribution is 6.05. The molecule has 2 aromatic carbocycles. The summed E-state index contributed by atoms with van der Waals surface area (Å²) in [6.07, 6.45) is 5.98. The highest BCUT2D eigenvalue weighted by Gasteiger charge is 2.16. The third-order valence-electron chi connectivity index (χ3n) is 5.47. The summed E-state index contributed by atoms with van der Waals surface area (Å²) in [7, 11) is 1.58. The number of carbonyl (C=O) groups excluding carboxylic acids is 1. The molecule has 0 aliphatic rings. The van der Waals surface area contributed by atoms with E-state index < -0.39 is 0 Å². The number of H-pyrrole nitrogens is 1. The number of hydrogen-bond acceptors (Lipinski definition) is 5. The molecule has 0 saturated carbocycles. The van der Waals surface area contributed by atoms with Crippen LogP contribution in [0, 0.1) is 25.1 Å². The molecule has 3 N–H and O–H groups in total. The number of aromatic amines is 1. The van der Waals surface area contributed by atoms with Crippen molar-refractivity contribution in [2.75, 3.05) is 12.4 Å². The number of rotatable bonds is 7. The average molecular weight is 470 g/mol. The summed E-state index contributed by atoms with van der Waals surface area (Å²) >= 11 is 0. The smallest absolute Gasteiger partial charge is 0.257 e. The lowest BCUT2D eigenvalue weighted by Gasteiger charge is -2.10. The number of allylic oxidation sites excluding steroid dienone is 1. The number of aryl methyl sites for hydroxylation is 2. The van der Waals surface area contributed by atoms with Gasteiger partial charge in [-0.2, -0.15) is 0 Å². The molecule has 2 aromatic heterocycles. The zero-order valence-electron chi connectivity index (χ0n) is 19.5. The van der Waals surface area contributed by atoms with Crippen molar-refractivity contribution in [1.82, 2.24) is 15.0 Å². The summed E-state index contributed by atoms with van der Waals surface area (Å²) in [6, 6.07) is 13.6. The Morgan fingerprint density at radius 3 is 2.63 bits per heavy atom. The van der Waals surface area contributed by atoms with E-state index in [9.17, 15) is 9.18 Å². The number of amides is 1. The lowest BCUT2D eigenvalue weighted by molar-refractivity contribution is 0.102. The molecule has 176 valence electrons. The van der Waals surface area contributed by atoms with Crippen LogP contribution in [-0.2, 0) is 0 Å². The molecule has 0 aliphatic heterocycles. The molecule has 35 heavy (non-hydrogen) atoms. The van der Waals surface area contributed by atoms with E-state index in [0.717, 1.165) is 22.9 Å². The van der Waals surface area contributed by atoms with Gasteiger partial charge in [-0.25, -0.2) is 14.4 Å². The van der Waals surface area contributed by atoms with Crippen molar-refractivity contribution >= 4 is 24.0 Å². The highest BCUT2D eigenvalue weighted by atomic mass is 19.1. The summed E-state index contributed by atoms with van der Waals surface area (Å²) in [5.74, 6) is 1.00. The Labute approximate surface area is 202 Å². The van der Waals surface area contributed by atoms with Crippen LogP contribution in [0.25, 0.3) is 28.6 Å². The average Bonchev–Trinajstić information content (AvgIpc) is 3.28. The summed E-state index contributed by atoms with van der Waals surface area (Å²) in [4.78, 5) is 25.1. The van der Waals surface area contributed by atoms with Crippen molar-refractivity contribution in [2.45, 2.75) is 13.8 Å². The first kappa shape index (κ1) is 23.6. The van der Waals surface area contributed by atoms with Crippen molar-refractivity contribution in [3.05, 3.63) is 89.1 Å². The van der Waals surface area contributed by atoms with E-state index in [1.165, 1.54) is 6.07 Å². The Balaban J connectivity index is 1.71. The van der Waals surface area contributed by atoms with E-state index in [-0.39, 0.29) is 11.7 Å². The van der Waals surface area contributed by atoms with Gasteiger partial charge < -0.3 is 20.4 Å². The number of halogens is 1. The second-order valence-electron chi connectivity index (χ2n) is 7.90. The van der Waals surface area contributed by atoms with Crippen molar-refractivity contribution in [3.8, 4) is 28.3 Å². The Kier molecular flexibility index (Phi) is 6.82. The third kappa shape index (κ3) is 5.16. The molecule has 0 bridgehead atoms. The number of pyridine rings is 1. The van der Waals surface area contributed by atoms with Gasteiger partial charge in [0.15, 0.2) is 0 Å². The van der Waals surface area contributed by atoms with E-state index >= 15 is 0 Å². The SMILES string of the molecule is COc1ccc(C(=O)Nc2cc(-c3[nH]c(/C=C\C=N)nc3-c3ccc(F)c(C)c3)ccn2)c(C)c1. The summed E-state index contributed by atoms with van der Waals surface area (Å²) in [5.41, 5.74) is 4.57. The van der Waals surface area contributed by atoms with E-state index in [2.05, 4.69) is 20.3 Å². The van der Waals surface area contributed by atoms with Gasteiger partial charge >= 0.3 is 0 Å². The van der Waals surface area contributed by atoms with Gasteiger partial charge in [-0.05, 0) is 85.7 Å². The van der Waals surface area contributed by atoms with Gasteiger partial charge in [0.1, 0.15) is 23.2 Å². The number of benzene rings is 2. The number of imidazole rings is 1. The fraction of sp³-hybridized carbons (Fsp3) is 0.111. The van der Waals surface area contributed by atoms with Crippen LogP contribution in [0.15, 0.2) is 60.8 Å². The molecular weight excluding hydrogens is 445 g/mol. The number of nitrogens with zero attached hydrogens (tertiary/aromatic N) is 2. The molecule has 0 radical (unpaired) electrons. The highest BCUT2D eigenvalue weighted by Crippen LogP contribution is 2.32. The van der Waals surface area contributed by atoms with Crippen LogP contribution >= 0.6 is 0 Å². The minimum Gasteiger partial charge on any atom is -0.497 e. The Hall–Kier alpha value is -4.59. The zero-order chi connectivity index (χ0) is 24.9.